The van der Waals surface area contributed by atoms with Gasteiger partial charge in [0.1, 0.15) is 6.10 Å². The molecule has 1 aromatic heterocycles. The van der Waals surface area contributed by atoms with Crippen molar-refractivity contribution in [1.82, 2.24) is 20.2 Å². The molecule has 0 aliphatic rings. The molecule has 1 heterocycles. The maximum Gasteiger partial charge on any atom is 0.264 e. The van der Waals surface area contributed by atoms with Crippen LogP contribution in [0.5, 0.6) is 11.5 Å². The van der Waals surface area contributed by atoms with Crippen LogP contribution in [0.15, 0.2) is 65.6 Å². The molecular formula is C25H25Cl2N5O5S. The standard InChI is InChI=1S/C25H25Cl2N5O5S/c1-4-31-24(28-29-30-31)15-32(38(34,35)17-10-12-22(36-2)23(14-17)37-3)21-11-9-16(26)13-19(21)25(33)18-7-5-6-8-20(18)27/h5-14,25,33H,4,15H2,1-3H3. The Bertz CT molecular complexity index is 1550. The Morgan fingerprint density at radius 3 is 2.42 bits per heavy atom. The van der Waals surface area contributed by atoms with Crippen LogP contribution in [0.1, 0.15) is 30.0 Å². The summed E-state index contributed by atoms with van der Waals surface area (Å²) in [6.07, 6.45) is -1.29. The highest BCUT2D eigenvalue weighted by molar-refractivity contribution is 7.92. The third kappa shape index (κ3) is 5.41. The van der Waals surface area contributed by atoms with E-state index in [9.17, 15) is 13.5 Å². The fraction of sp³-hybridized carbons (Fsp3) is 0.240. The molecule has 38 heavy (non-hydrogen) atoms. The summed E-state index contributed by atoms with van der Waals surface area (Å²) in [6, 6.07) is 15.6. The third-order valence-electron chi connectivity index (χ3n) is 5.89. The van der Waals surface area contributed by atoms with E-state index in [0.717, 1.165) is 4.31 Å². The van der Waals surface area contributed by atoms with Crippen molar-refractivity contribution in [3.8, 4) is 11.5 Å². The van der Waals surface area contributed by atoms with Gasteiger partial charge in [-0.2, -0.15) is 0 Å². The maximum absolute atomic E-state index is 14.2. The van der Waals surface area contributed by atoms with Gasteiger partial charge in [-0.1, -0.05) is 41.4 Å². The molecule has 1 N–H and O–H groups in total. The van der Waals surface area contributed by atoms with Crippen molar-refractivity contribution < 1.29 is 23.0 Å². The molecule has 0 spiro atoms. The van der Waals surface area contributed by atoms with Gasteiger partial charge in [0.25, 0.3) is 10.0 Å². The summed E-state index contributed by atoms with van der Waals surface area (Å²) < 4.78 is 41.6. The largest absolute Gasteiger partial charge is 0.493 e. The van der Waals surface area contributed by atoms with Crippen molar-refractivity contribution >= 4 is 38.9 Å². The van der Waals surface area contributed by atoms with Crippen LogP contribution in [-0.2, 0) is 23.1 Å². The molecule has 3 aromatic carbocycles. The number of aliphatic hydroxyl groups is 1. The monoisotopic (exact) mass is 577 g/mol. The number of hydrogen-bond donors (Lipinski definition) is 1. The van der Waals surface area contributed by atoms with Gasteiger partial charge in [0, 0.05) is 33.8 Å². The van der Waals surface area contributed by atoms with Crippen LogP contribution in [0, 0.1) is 0 Å². The lowest BCUT2D eigenvalue weighted by molar-refractivity contribution is 0.221. The number of anilines is 1. The summed E-state index contributed by atoms with van der Waals surface area (Å²) >= 11 is 12.7. The molecule has 0 aliphatic carbocycles. The van der Waals surface area contributed by atoms with Gasteiger partial charge in [0.05, 0.1) is 31.3 Å². The van der Waals surface area contributed by atoms with Gasteiger partial charge in [0.2, 0.25) is 0 Å². The summed E-state index contributed by atoms with van der Waals surface area (Å²) in [5, 5.41) is 23.7. The van der Waals surface area contributed by atoms with E-state index in [1.165, 1.54) is 49.2 Å². The molecule has 0 amide bonds. The number of ether oxygens (including phenoxy) is 2. The maximum atomic E-state index is 14.2. The number of aliphatic hydroxyl groups excluding tert-OH is 1. The predicted octanol–water partition coefficient (Wildman–Crippen LogP) is 4.49. The highest BCUT2D eigenvalue weighted by Crippen LogP contribution is 2.39. The Labute approximate surface area is 230 Å². The first kappa shape index (κ1) is 27.6. The van der Waals surface area contributed by atoms with Crippen molar-refractivity contribution in [1.29, 1.82) is 0 Å². The normalized spacial score (nSPS) is 12.3. The van der Waals surface area contributed by atoms with Crippen LogP contribution < -0.4 is 13.8 Å². The van der Waals surface area contributed by atoms with Crippen molar-refractivity contribution in [2.45, 2.75) is 31.0 Å². The molecule has 4 aromatic rings. The van der Waals surface area contributed by atoms with Gasteiger partial charge in [-0.25, -0.2) is 13.1 Å². The summed E-state index contributed by atoms with van der Waals surface area (Å²) in [7, 11) is -1.40. The fourth-order valence-corrected chi connectivity index (χ4v) is 5.83. The predicted molar refractivity (Wildman–Crippen MR) is 143 cm³/mol. The molecule has 0 radical (unpaired) electrons. The van der Waals surface area contributed by atoms with Gasteiger partial charge in [-0.3, -0.25) is 4.31 Å². The number of sulfonamides is 1. The number of rotatable bonds is 10. The molecular weight excluding hydrogens is 553 g/mol. The zero-order valence-corrected chi connectivity index (χ0v) is 23.1. The average molecular weight is 578 g/mol. The summed E-state index contributed by atoms with van der Waals surface area (Å²) in [6.45, 7) is 2.02. The number of benzene rings is 3. The molecule has 13 heteroatoms. The number of hydrogen-bond acceptors (Lipinski definition) is 8. The van der Waals surface area contributed by atoms with E-state index in [4.69, 9.17) is 32.7 Å². The second-order valence-corrected chi connectivity index (χ2v) is 10.8. The Kier molecular flexibility index (Phi) is 8.41. The first-order chi connectivity index (χ1) is 18.2. The molecule has 4 rings (SSSR count). The lowest BCUT2D eigenvalue weighted by Crippen LogP contribution is -2.33. The average Bonchev–Trinajstić information content (AvgIpc) is 3.38. The van der Waals surface area contributed by atoms with Gasteiger partial charge >= 0.3 is 0 Å². The van der Waals surface area contributed by atoms with E-state index in [-0.39, 0.29) is 28.4 Å². The number of aromatic nitrogens is 4. The van der Waals surface area contributed by atoms with Gasteiger partial charge < -0.3 is 14.6 Å². The highest BCUT2D eigenvalue weighted by Gasteiger charge is 2.32. The summed E-state index contributed by atoms with van der Waals surface area (Å²) in [5.74, 6) is 0.901. The second kappa shape index (κ2) is 11.6. The van der Waals surface area contributed by atoms with Crippen LogP contribution in [0.3, 0.4) is 0 Å². The van der Waals surface area contributed by atoms with Crippen LogP contribution in [-0.4, -0.2) is 48.0 Å². The SMILES string of the molecule is CCn1nnnc1CN(c1ccc(Cl)cc1C(O)c1ccccc1Cl)S(=O)(=O)c1ccc(OC)c(OC)c1. The van der Waals surface area contributed by atoms with Crippen molar-refractivity contribution in [2.24, 2.45) is 0 Å². The topological polar surface area (TPSA) is 120 Å². The van der Waals surface area contributed by atoms with E-state index in [2.05, 4.69) is 15.5 Å². The van der Waals surface area contributed by atoms with Crippen molar-refractivity contribution in [3.05, 3.63) is 87.7 Å². The molecule has 200 valence electrons. The van der Waals surface area contributed by atoms with E-state index in [1.807, 2.05) is 6.92 Å². The zero-order chi connectivity index (χ0) is 27.4. The molecule has 0 fully saturated rings. The quantitative estimate of drug-likeness (QED) is 0.292. The smallest absolute Gasteiger partial charge is 0.264 e. The minimum atomic E-state index is -4.27. The van der Waals surface area contributed by atoms with Crippen LogP contribution >= 0.6 is 23.2 Å². The number of methoxy groups -OCH3 is 2. The lowest BCUT2D eigenvalue weighted by Gasteiger charge is -2.28. The van der Waals surface area contributed by atoms with Gasteiger partial charge in [-0.15, -0.1) is 5.10 Å². The zero-order valence-electron chi connectivity index (χ0n) is 20.7. The molecule has 0 saturated carbocycles. The van der Waals surface area contributed by atoms with Crippen LogP contribution in [0.25, 0.3) is 0 Å². The second-order valence-electron chi connectivity index (χ2n) is 8.07. The van der Waals surface area contributed by atoms with Crippen LogP contribution in [0.2, 0.25) is 10.0 Å². The van der Waals surface area contributed by atoms with E-state index < -0.39 is 16.1 Å². The molecule has 1 atom stereocenters. The molecule has 0 saturated heterocycles. The van der Waals surface area contributed by atoms with Gasteiger partial charge in [-0.05, 0) is 53.7 Å². The number of aryl methyl sites for hydroxylation is 1. The fourth-order valence-electron chi connectivity index (χ4n) is 3.95. The Balaban J connectivity index is 1.93. The molecule has 1 unspecified atom stereocenters. The first-order valence-electron chi connectivity index (χ1n) is 11.4. The van der Waals surface area contributed by atoms with E-state index in [1.54, 1.807) is 30.3 Å². The van der Waals surface area contributed by atoms with Crippen LogP contribution in [0.4, 0.5) is 5.69 Å². The number of nitrogens with zero attached hydrogens (tertiary/aromatic N) is 5. The molecule has 0 aliphatic heterocycles. The first-order valence-corrected chi connectivity index (χ1v) is 13.6. The molecule has 10 nitrogen and oxygen atoms in total. The van der Waals surface area contributed by atoms with E-state index in [0.29, 0.717) is 33.7 Å². The lowest BCUT2D eigenvalue weighted by atomic mass is 9.99. The molecule has 0 bridgehead atoms. The summed E-state index contributed by atoms with van der Waals surface area (Å²) in [5.41, 5.74) is 0.784. The van der Waals surface area contributed by atoms with Gasteiger partial charge in [0.15, 0.2) is 17.3 Å². The van der Waals surface area contributed by atoms with E-state index >= 15 is 0 Å². The Morgan fingerprint density at radius 1 is 1.00 bits per heavy atom. The summed E-state index contributed by atoms with van der Waals surface area (Å²) in [4.78, 5) is -0.0705. The number of halogens is 2. The Morgan fingerprint density at radius 2 is 1.74 bits per heavy atom. The van der Waals surface area contributed by atoms with Crippen molar-refractivity contribution in [3.63, 3.8) is 0 Å². The Hall–Kier alpha value is -3.38. The third-order valence-corrected chi connectivity index (χ3v) is 8.22. The minimum absolute atomic E-state index is 0.0705. The van der Waals surface area contributed by atoms with Crippen molar-refractivity contribution in [2.75, 3.05) is 18.5 Å². The highest BCUT2D eigenvalue weighted by atomic mass is 35.5. The number of tetrazole rings is 1. The minimum Gasteiger partial charge on any atom is -0.493 e.